The van der Waals surface area contributed by atoms with Crippen LogP contribution in [0.4, 0.5) is 0 Å². The van der Waals surface area contributed by atoms with Crippen LogP contribution in [0.3, 0.4) is 0 Å². The van der Waals surface area contributed by atoms with Gasteiger partial charge in [-0.15, -0.1) is 0 Å². The van der Waals surface area contributed by atoms with Crippen LogP contribution >= 0.6 is 22.6 Å². The number of aryl methyl sites for hydroxylation is 1. The molecule has 216 valence electrons. The lowest BCUT2D eigenvalue weighted by Crippen LogP contribution is -2.56. The molecule has 0 radical (unpaired) electrons. The summed E-state index contributed by atoms with van der Waals surface area (Å²) in [6, 6.07) is 10.6. The number of amides is 2. The van der Waals surface area contributed by atoms with E-state index in [9.17, 15) is 24.9 Å². The van der Waals surface area contributed by atoms with Crippen molar-refractivity contribution in [3.8, 4) is 11.5 Å². The molecule has 9 nitrogen and oxygen atoms in total. The van der Waals surface area contributed by atoms with Crippen LogP contribution in [-0.4, -0.2) is 70.5 Å². The van der Waals surface area contributed by atoms with Gasteiger partial charge in [-0.1, -0.05) is 36.2 Å². The van der Waals surface area contributed by atoms with Gasteiger partial charge in [-0.25, -0.2) is 0 Å². The molecule has 0 spiro atoms. The monoisotopic (exact) mass is 664 g/mol. The minimum atomic E-state index is -1.14. The summed E-state index contributed by atoms with van der Waals surface area (Å²) in [6.07, 6.45) is 2.22. The standard InChI is InChI=1S/C30H37IN2O7/c1-18-6-8-19(9-7-18)16-33(30(38)21-4-3-5-21)24-14-22(29(37)32-10-11-34)15-25(27(24)36)40-28-23(31)12-20(17-35)13-26(28)39-2/h6-9,12-13,15,21,24-25,27,34-36H,3-5,10-11,14,16-17H2,1-2H3,(H,32,37). The van der Waals surface area contributed by atoms with Crippen molar-refractivity contribution >= 4 is 34.4 Å². The normalized spacial score (nSPS) is 20.8. The number of carbonyl (C=O) groups excluding carboxylic acids is 2. The quantitative estimate of drug-likeness (QED) is 0.272. The molecule has 4 rings (SSSR count). The van der Waals surface area contributed by atoms with Crippen LogP contribution in [0.2, 0.25) is 0 Å². The van der Waals surface area contributed by atoms with Crippen molar-refractivity contribution in [2.75, 3.05) is 20.3 Å². The molecule has 2 aliphatic rings. The zero-order valence-electron chi connectivity index (χ0n) is 22.8. The Morgan fingerprint density at radius 2 is 1.85 bits per heavy atom. The largest absolute Gasteiger partial charge is 0.493 e. The third-order valence-electron chi connectivity index (χ3n) is 7.55. The average Bonchev–Trinajstić information content (AvgIpc) is 2.92. The lowest BCUT2D eigenvalue weighted by atomic mass is 9.82. The maximum Gasteiger partial charge on any atom is 0.247 e. The van der Waals surface area contributed by atoms with Gasteiger partial charge in [0.25, 0.3) is 0 Å². The summed E-state index contributed by atoms with van der Waals surface area (Å²) in [7, 11) is 1.49. The Morgan fingerprint density at radius 1 is 1.12 bits per heavy atom. The Bertz CT molecular complexity index is 1230. The highest BCUT2D eigenvalue weighted by Crippen LogP contribution is 2.38. The Morgan fingerprint density at radius 3 is 2.45 bits per heavy atom. The number of rotatable bonds is 11. The molecule has 3 atom stereocenters. The topological polar surface area (TPSA) is 129 Å². The summed E-state index contributed by atoms with van der Waals surface area (Å²) >= 11 is 2.08. The molecule has 1 saturated carbocycles. The van der Waals surface area contributed by atoms with Gasteiger partial charge in [0.15, 0.2) is 11.5 Å². The van der Waals surface area contributed by atoms with Crippen molar-refractivity contribution in [1.82, 2.24) is 10.2 Å². The van der Waals surface area contributed by atoms with E-state index in [2.05, 4.69) is 27.9 Å². The molecule has 0 bridgehead atoms. The van der Waals surface area contributed by atoms with E-state index in [0.29, 0.717) is 32.8 Å². The van der Waals surface area contributed by atoms with E-state index in [1.54, 1.807) is 23.1 Å². The average molecular weight is 665 g/mol. The van der Waals surface area contributed by atoms with Crippen molar-refractivity contribution < 1.29 is 34.4 Å². The summed E-state index contributed by atoms with van der Waals surface area (Å²) in [6.45, 7) is 1.99. The third-order valence-corrected chi connectivity index (χ3v) is 8.35. The molecule has 0 aliphatic heterocycles. The maximum atomic E-state index is 13.8. The molecule has 2 aromatic rings. The van der Waals surface area contributed by atoms with Crippen molar-refractivity contribution in [3.05, 3.63) is 68.3 Å². The Labute approximate surface area is 248 Å². The van der Waals surface area contributed by atoms with Crippen molar-refractivity contribution in [3.63, 3.8) is 0 Å². The Kier molecular flexibility index (Phi) is 10.4. The van der Waals surface area contributed by atoms with Crippen LogP contribution in [0.15, 0.2) is 48.0 Å². The molecular formula is C30H37IN2O7. The summed E-state index contributed by atoms with van der Waals surface area (Å²) < 4.78 is 12.5. The van der Waals surface area contributed by atoms with E-state index in [-0.39, 0.29) is 43.9 Å². The van der Waals surface area contributed by atoms with E-state index in [0.717, 1.165) is 30.4 Å². The summed E-state index contributed by atoms with van der Waals surface area (Å²) in [5, 5.41) is 33.3. The molecule has 0 aromatic heterocycles. The SMILES string of the molecule is COc1cc(CO)cc(I)c1OC1C=C(C(=O)NCCO)CC(N(Cc2ccc(C)cc2)C(=O)C2CCC2)C1O. The second-order valence-corrected chi connectivity index (χ2v) is 11.5. The van der Waals surface area contributed by atoms with Gasteiger partial charge in [-0.3, -0.25) is 9.59 Å². The molecule has 2 aliphatic carbocycles. The van der Waals surface area contributed by atoms with Crippen LogP contribution in [0, 0.1) is 16.4 Å². The zero-order chi connectivity index (χ0) is 28.8. The molecule has 40 heavy (non-hydrogen) atoms. The highest BCUT2D eigenvalue weighted by molar-refractivity contribution is 14.1. The maximum absolute atomic E-state index is 13.8. The molecule has 1 fully saturated rings. The van der Waals surface area contributed by atoms with Gasteiger partial charge < -0.3 is 35.0 Å². The van der Waals surface area contributed by atoms with E-state index in [4.69, 9.17) is 9.47 Å². The van der Waals surface area contributed by atoms with Gasteiger partial charge in [0.05, 0.1) is 29.9 Å². The lowest BCUT2D eigenvalue weighted by molar-refractivity contribution is -0.146. The zero-order valence-corrected chi connectivity index (χ0v) is 25.0. The summed E-state index contributed by atoms with van der Waals surface area (Å²) in [5.41, 5.74) is 3.04. The number of aliphatic hydroxyl groups is 3. The predicted octanol–water partition coefficient (Wildman–Crippen LogP) is 2.84. The van der Waals surface area contributed by atoms with Crippen LogP contribution in [0.5, 0.6) is 11.5 Å². The number of aliphatic hydroxyl groups excluding tert-OH is 3. The van der Waals surface area contributed by atoms with Crippen LogP contribution < -0.4 is 14.8 Å². The second kappa shape index (κ2) is 13.8. The smallest absolute Gasteiger partial charge is 0.247 e. The van der Waals surface area contributed by atoms with Gasteiger partial charge in [-0.2, -0.15) is 0 Å². The number of halogens is 1. The van der Waals surface area contributed by atoms with Crippen molar-refractivity contribution in [2.45, 2.75) is 64.0 Å². The number of hydrogen-bond acceptors (Lipinski definition) is 7. The molecule has 4 N–H and O–H groups in total. The number of ether oxygens (including phenoxy) is 2. The predicted molar refractivity (Wildman–Crippen MR) is 158 cm³/mol. The molecular weight excluding hydrogens is 627 g/mol. The summed E-state index contributed by atoms with van der Waals surface area (Å²) in [5.74, 6) is 0.217. The second-order valence-electron chi connectivity index (χ2n) is 10.4. The number of nitrogens with zero attached hydrogens (tertiary/aromatic N) is 1. The number of carbonyl (C=O) groups is 2. The molecule has 0 saturated heterocycles. The first kappa shape index (κ1) is 30.3. The number of methoxy groups -OCH3 is 1. The molecule has 2 aromatic carbocycles. The minimum Gasteiger partial charge on any atom is -0.493 e. The van der Waals surface area contributed by atoms with Crippen LogP contribution in [-0.2, 0) is 22.7 Å². The van der Waals surface area contributed by atoms with Crippen molar-refractivity contribution in [1.29, 1.82) is 0 Å². The van der Waals surface area contributed by atoms with Gasteiger partial charge >= 0.3 is 0 Å². The van der Waals surface area contributed by atoms with E-state index < -0.39 is 18.2 Å². The van der Waals surface area contributed by atoms with Crippen molar-refractivity contribution in [2.24, 2.45) is 5.92 Å². The number of nitrogens with one attached hydrogen (secondary N) is 1. The molecule has 0 heterocycles. The Balaban J connectivity index is 1.71. The van der Waals surface area contributed by atoms with E-state index in [1.807, 2.05) is 31.2 Å². The molecule has 3 unspecified atom stereocenters. The first-order valence-corrected chi connectivity index (χ1v) is 14.6. The van der Waals surface area contributed by atoms with Crippen LogP contribution in [0.1, 0.15) is 42.4 Å². The van der Waals surface area contributed by atoms with Gasteiger partial charge in [0.2, 0.25) is 11.8 Å². The number of hydrogen-bond donors (Lipinski definition) is 4. The van der Waals surface area contributed by atoms with E-state index >= 15 is 0 Å². The fraction of sp³-hybridized carbons (Fsp3) is 0.467. The fourth-order valence-electron chi connectivity index (χ4n) is 5.03. The Hall–Kier alpha value is -2.67. The van der Waals surface area contributed by atoms with Crippen LogP contribution in [0.25, 0.3) is 0 Å². The molecule has 10 heteroatoms. The van der Waals surface area contributed by atoms with E-state index in [1.165, 1.54) is 7.11 Å². The lowest BCUT2D eigenvalue weighted by Gasteiger charge is -2.43. The van der Waals surface area contributed by atoms with Gasteiger partial charge in [0.1, 0.15) is 12.2 Å². The van der Waals surface area contributed by atoms with Gasteiger partial charge in [-0.05, 0) is 71.7 Å². The highest BCUT2D eigenvalue weighted by atomic mass is 127. The highest BCUT2D eigenvalue weighted by Gasteiger charge is 2.43. The first-order valence-electron chi connectivity index (χ1n) is 13.5. The van der Waals surface area contributed by atoms with Gasteiger partial charge in [0, 0.05) is 31.0 Å². The third kappa shape index (κ3) is 6.96. The fourth-order valence-corrected chi connectivity index (χ4v) is 5.83. The number of benzene rings is 2. The molecule has 2 amide bonds. The first-order chi connectivity index (χ1) is 19.2. The minimum absolute atomic E-state index is 0.0360. The summed E-state index contributed by atoms with van der Waals surface area (Å²) in [4.78, 5) is 28.5.